The molecule has 0 radical (unpaired) electrons. The SMILES string of the molecule is CC(C)(C)SC(=O)c1cccnc1SCCS(=O)(=O)c1cccc(C(F)(F)F)c1. The molecule has 0 aliphatic carbocycles. The predicted molar refractivity (Wildman–Crippen MR) is 110 cm³/mol. The standard InChI is InChI=1S/C19H20F3NO3S3/c1-18(2,3)28-17(24)15-8-5-9-23-16(15)27-10-11-29(25,26)14-7-4-6-13(12-14)19(20,21)22/h4-9,12H,10-11H2,1-3H3. The minimum Gasteiger partial charge on any atom is -0.281 e. The molecular formula is C19H20F3NO3S3. The van der Waals surface area contributed by atoms with Crippen LogP contribution >= 0.6 is 23.5 Å². The normalized spacial score (nSPS) is 12.8. The van der Waals surface area contributed by atoms with E-state index in [4.69, 9.17) is 0 Å². The fourth-order valence-corrected chi connectivity index (χ4v) is 5.81. The Morgan fingerprint density at radius 3 is 2.41 bits per heavy atom. The van der Waals surface area contributed by atoms with Crippen LogP contribution < -0.4 is 0 Å². The van der Waals surface area contributed by atoms with E-state index >= 15 is 0 Å². The third-order valence-corrected chi connectivity index (χ3v) is 7.50. The number of thioether (sulfide) groups is 2. The predicted octanol–water partition coefficient (Wildman–Crippen LogP) is 5.34. The summed E-state index contributed by atoms with van der Waals surface area (Å²) in [5, 5.41) is 0.224. The van der Waals surface area contributed by atoms with Crippen LogP contribution in [0, 0.1) is 0 Å². The molecule has 0 saturated carbocycles. The van der Waals surface area contributed by atoms with Gasteiger partial charge in [-0.25, -0.2) is 13.4 Å². The van der Waals surface area contributed by atoms with Crippen LogP contribution in [0.4, 0.5) is 13.2 Å². The Balaban J connectivity index is 2.11. The lowest BCUT2D eigenvalue weighted by Crippen LogP contribution is -2.13. The van der Waals surface area contributed by atoms with E-state index in [-0.39, 0.29) is 26.3 Å². The van der Waals surface area contributed by atoms with Crippen molar-refractivity contribution in [2.24, 2.45) is 0 Å². The monoisotopic (exact) mass is 463 g/mol. The van der Waals surface area contributed by atoms with Crippen molar-refractivity contribution >= 4 is 38.5 Å². The van der Waals surface area contributed by atoms with Crippen LogP contribution in [0.25, 0.3) is 0 Å². The van der Waals surface area contributed by atoms with Crippen molar-refractivity contribution in [1.29, 1.82) is 0 Å². The molecule has 0 saturated heterocycles. The molecule has 0 aliphatic rings. The Morgan fingerprint density at radius 2 is 1.79 bits per heavy atom. The number of carbonyl (C=O) groups excluding carboxylic acids is 1. The lowest BCUT2D eigenvalue weighted by molar-refractivity contribution is -0.137. The molecule has 1 heterocycles. The van der Waals surface area contributed by atoms with E-state index in [1.807, 2.05) is 20.8 Å². The van der Waals surface area contributed by atoms with Gasteiger partial charge in [0, 0.05) is 16.7 Å². The van der Waals surface area contributed by atoms with Crippen LogP contribution in [-0.2, 0) is 16.0 Å². The number of hydrogen-bond acceptors (Lipinski definition) is 6. The Morgan fingerprint density at radius 1 is 1.10 bits per heavy atom. The fourth-order valence-electron chi connectivity index (χ4n) is 2.23. The van der Waals surface area contributed by atoms with Gasteiger partial charge in [0.25, 0.3) is 0 Å². The van der Waals surface area contributed by atoms with Gasteiger partial charge in [-0.1, -0.05) is 38.6 Å². The lowest BCUT2D eigenvalue weighted by Gasteiger charge is -2.16. The first-order chi connectivity index (χ1) is 13.3. The van der Waals surface area contributed by atoms with E-state index in [2.05, 4.69) is 4.98 Å². The maximum Gasteiger partial charge on any atom is 0.416 e. The molecule has 0 amide bonds. The fraction of sp³-hybridized carbons (Fsp3) is 0.368. The third-order valence-electron chi connectivity index (χ3n) is 3.50. The second kappa shape index (κ2) is 9.09. The van der Waals surface area contributed by atoms with Gasteiger partial charge in [0.2, 0.25) is 5.12 Å². The van der Waals surface area contributed by atoms with Crippen LogP contribution in [0.2, 0.25) is 0 Å². The highest BCUT2D eigenvalue weighted by atomic mass is 32.2. The Kier molecular flexibility index (Phi) is 7.45. The molecule has 10 heteroatoms. The highest BCUT2D eigenvalue weighted by Gasteiger charge is 2.31. The molecule has 0 aliphatic heterocycles. The van der Waals surface area contributed by atoms with Crippen molar-refractivity contribution in [3.63, 3.8) is 0 Å². The lowest BCUT2D eigenvalue weighted by atomic mass is 10.2. The number of aromatic nitrogens is 1. The van der Waals surface area contributed by atoms with Crippen molar-refractivity contribution in [3.8, 4) is 0 Å². The van der Waals surface area contributed by atoms with Gasteiger partial charge in [0.05, 0.1) is 21.8 Å². The van der Waals surface area contributed by atoms with Gasteiger partial charge in [0.1, 0.15) is 5.03 Å². The highest BCUT2D eigenvalue weighted by Crippen LogP contribution is 2.32. The Bertz CT molecular complexity index is 984. The maximum absolute atomic E-state index is 12.8. The summed E-state index contributed by atoms with van der Waals surface area (Å²) in [7, 11) is -3.91. The first kappa shape index (κ1) is 23.8. The molecule has 2 rings (SSSR count). The molecular weight excluding hydrogens is 443 g/mol. The van der Waals surface area contributed by atoms with Gasteiger partial charge in [-0.2, -0.15) is 13.2 Å². The van der Waals surface area contributed by atoms with E-state index in [1.54, 1.807) is 12.1 Å². The average Bonchev–Trinajstić information content (AvgIpc) is 2.60. The largest absolute Gasteiger partial charge is 0.416 e. The van der Waals surface area contributed by atoms with Crippen molar-refractivity contribution in [3.05, 3.63) is 53.7 Å². The van der Waals surface area contributed by atoms with Gasteiger partial charge < -0.3 is 0 Å². The molecule has 29 heavy (non-hydrogen) atoms. The van der Waals surface area contributed by atoms with Crippen LogP contribution in [0.5, 0.6) is 0 Å². The first-order valence-corrected chi connectivity index (χ1v) is 12.0. The molecule has 0 spiro atoms. The van der Waals surface area contributed by atoms with E-state index in [0.717, 1.165) is 41.7 Å². The topological polar surface area (TPSA) is 64.1 Å². The summed E-state index contributed by atoms with van der Waals surface area (Å²) in [6.45, 7) is 5.71. The molecule has 4 nitrogen and oxygen atoms in total. The number of pyridine rings is 1. The van der Waals surface area contributed by atoms with Gasteiger partial charge in [-0.15, -0.1) is 11.8 Å². The molecule has 0 N–H and O–H groups in total. The van der Waals surface area contributed by atoms with Crippen molar-refractivity contribution < 1.29 is 26.4 Å². The summed E-state index contributed by atoms with van der Waals surface area (Å²) < 4.78 is 63.1. The molecule has 0 bridgehead atoms. The number of halogens is 3. The summed E-state index contributed by atoms with van der Waals surface area (Å²) in [5.41, 5.74) is -0.628. The van der Waals surface area contributed by atoms with E-state index in [0.29, 0.717) is 16.7 Å². The van der Waals surface area contributed by atoms with Crippen molar-refractivity contribution in [2.75, 3.05) is 11.5 Å². The smallest absolute Gasteiger partial charge is 0.281 e. The molecule has 1 aromatic carbocycles. The van der Waals surface area contributed by atoms with Crippen LogP contribution in [0.3, 0.4) is 0 Å². The molecule has 0 atom stereocenters. The van der Waals surface area contributed by atoms with Gasteiger partial charge in [0.15, 0.2) is 9.84 Å². The molecule has 0 unspecified atom stereocenters. The van der Waals surface area contributed by atoms with E-state index in [1.165, 1.54) is 6.20 Å². The van der Waals surface area contributed by atoms with Crippen molar-refractivity contribution in [2.45, 2.75) is 41.6 Å². The highest BCUT2D eigenvalue weighted by molar-refractivity contribution is 8.15. The zero-order valence-electron chi connectivity index (χ0n) is 16.0. The summed E-state index contributed by atoms with van der Waals surface area (Å²) in [6, 6.07) is 6.92. The number of benzene rings is 1. The second-order valence-corrected chi connectivity index (χ2v) is 12.0. The number of carbonyl (C=O) groups is 1. The maximum atomic E-state index is 12.8. The summed E-state index contributed by atoms with van der Waals surface area (Å²) in [6.07, 6.45) is -3.11. The van der Waals surface area contributed by atoms with E-state index in [9.17, 15) is 26.4 Å². The molecule has 1 aromatic heterocycles. The first-order valence-electron chi connectivity index (χ1n) is 8.51. The van der Waals surface area contributed by atoms with Gasteiger partial charge >= 0.3 is 6.18 Å². The van der Waals surface area contributed by atoms with Crippen molar-refractivity contribution in [1.82, 2.24) is 4.98 Å². The Labute approximate surface area is 176 Å². The number of alkyl halides is 3. The summed E-state index contributed by atoms with van der Waals surface area (Å²) in [4.78, 5) is 16.3. The third kappa shape index (κ3) is 7.04. The Hall–Kier alpha value is -1.52. The summed E-state index contributed by atoms with van der Waals surface area (Å²) in [5.74, 6) is -0.328. The van der Waals surface area contributed by atoms with Gasteiger partial charge in [-0.3, -0.25) is 4.79 Å². The zero-order valence-corrected chi connectivity index (χ0v) is 18.4. The second-order valence-electron chi connectivity index (χ2n) is 7.05. The molecule has 0 fully saturated rings. The number of rotatable bonds is 6. The van der Waals surface area contributed by atoms with Crippen LogP contribution in [-0.4, -0.2) is 34.8 Å². The number of sulfone groups is 1. The zero-order chi connectivity index (χ0) is 21.9. The average molecular weight is 464 g/mol. The minimum atomic E-state index is -4.62. The molecule has 158 valence electrons. The quantitative estimate of drug-likeness (QED) is 0.539. The molecule has 2 aromatic rings. The van der Waals surface area contributed by atoms with Crippen LogP contribution in [0.1, 0.15) is 36.7 Å². The van der Waals surface area contributed by atoms with E-state index < -0.39 is 21.6 Å². The summed E-state index contributed by atoms with van der Waals surface area (Å²) >= 11 is 2.23. The van der Waals surface area contributed by atoms with Gasteiger partial charge in [-0.05, 0) is 30.3 Å². The number of hydrogen-bond donors (Lipinski definition) is 0. The van der Waals surface area contributed by atoms with Crippen LogP contribution in [0.15, 0.2) is 52.5 Å². The minimum absolute atomic E-state index is 0.0516. The number of nitrogens with zero attached hydrogens (tertiary/aromatic N) is 1.